The Morgan fingerprint density at radius 3 is 0.846 bits per heavy atom. The van der Waals surface area contributed by atoms with Gasteiger partial charge in [-0.3, -0.25) is 14.4 Å². The zero-order chi connectivity index (χ0) is 56.4. The molecule has 0 rings (SSSR count). The molecule has 0 spiro atoms. The van der Waals surface area contributed by atoms with Crippen LogP contribution in [0.15, 0.2) is 97.2 Å². The molecule has 0 amide bonds. The summed E-state index contributed by atoms with van der Waals surface area (Å²) in [5.41, 5.74) is 0. The van der Waals surface area contributed by atoms with Crippen LogP contribution < -0.4 is 0 Å². The predicted molar refractivity (Wildman–Crippen MR) is 339 cm³/mol. The highest BCUT2D eigenvalue weighted by atomic mass is 16.6. The number of hydrogen-bond donors (Lipinski definition) is 0. The maximum atomic E-state index is 12.9. The Morgan fingerprint density at radius 2 is 0.526 bits per heavy atom. The first-order chi connectivity index (χ1) is 38.5. The number of allylic oxidation sites excluding steroid dienone is 16. The van der Waals surface area contributed by atoms with Gasteiger partial charge in [0.2, 0.25) is 0 Å². The molecule has 1 unspecified atom stereocenters. The molecule has 0 aromatic rings. The maximum Gasteiger partial charge on any atom is 0.306 e. The fourth-order valence-corrected chi connectivity index (χ4v) is 9.33. The van der Waals surface area contributed by atoms with Crippen molar-refractivity contribution in [1.82, 2.24) is 0 Å². The molecular weight excluding hydrogens is 961 g/mol. The highest BCUT2D eigenvalue weighted by Crippen LogP contribution is 2.16. The Labute approximate surface area is 483 Å². The normalized spacial score (nSPS) is 12.7. The fraction of sp³-hybridized carbons (Fsp3) is 0.736. The lowest BCUT2D eigenvalue weighted by Crippen LogP contribution is -2.30. The largest absolute Gasteiger partial charge is 0.462 e. The Kier molecular flexibility index (Phi) is 62.7. The molecule has 6 nitrogen and oxygen atoms in total. The Balaban J connectivity index is 4.24. The third-order valence-electron chi connectivity index (χ3n) is 14.3. The van der Waals surface area contributed by atoms with Gasteiger partial charge in [-0.2, -0.15) is 0 Å². The Hall–Kier alpha value is -3.67. The van der Waals surface area contributed by atoms with Crippen molar-refractivity contribution in [3.05, 3.63) is 97.2 Å². The summed E-state index contributed by atoms with van der Waals surface area (Å²) in [6.45, 7) is 6.47. The van der Waals surface area contributed by atoms with Crippen molar-refractivity contribution in [3.8, 4) is 0 Å². The fourth-order valence-electron chi connectivity index (χ4n) is 9.33. The highest BCUT2D eigenvalue weighted by Gasteiger charge is 2.19. The van der Waals surface area contributed by atoms with Crippen LogP contribution in [0.3, 0.4) is 0 Å². The van der Waals surface area contributed by atoms with Crippen molar-refractivity contribution < 1.29 is 28.6 Å². The quantitative estimate of drug-likeness (QED) is 0.0261. The van der Waals surface area contributed by atoms with Gasteiger partial charge in [-0.25, -0.2) is 0 Å². The summed E-state index contributed by atoms with van der Waals surface area (Å²) < 4.78 is 16.9. The van der Waals surface area contributed by atoms with E-state index in [1.165, 1.54) is 173 Å². The van der Waals surface area contributed by atoms with Gasteiger partial charge in [0.1, 0.15) is 13.2 Å². The number of esters is 3. The van der Waals surface area contributed by atoms with Crippen molar-refractivity contribution in [2.45, 2.75) is 329 Å². The summed E-state index contributed by atoms with van der Waals surface area (Å²) in [5, 5.41) is 0. The van der Waals surface area contributed by atoms with Crippen molar-refractivity contribution in [2.75, 3.05) is 13.2 Å². The van der Waals surface area contributed by atoms with Crippen LogP contribution in [0.4, 0.5) is 0 Å². The van der Waals surface area contributed by atoms with Crippen molar-refractivity contribution >= 4 is 17.9 Å². The molecule has 0 fully saturated rings. The standard InChI is InChI=1S/C72H124O6/c1-4-7-10-13-16-19-22-24-26-28-30-32-34-36-38-40-42-44-46-48-50-53-56-59-62-65-71(74)77-68-69(67-76-70(73)64-61-58-55-52-21-18-15-12-9-6-3)78-72(75)66-63-60-57-54-51-49-47-45-43-41-39-37-35-33-31-29-27-25-23-20-17-14-11-8-5-2/h7,10,12,15-16,19,23-26,29-32,35,37,69H,4-6,8-9,11,13-14,17-18,20-22,27-28,33-34,36,38-68H2,1-3H3/b10-7-,15-12-,19-16-,25-23-,26-24-,31-29-,32-30-,37-35-. The van der Waals surface area contributed by atoms with Gasteiger partial charge in [0.05, 0.1) is 0 Å². The van der Waals surface area contributed by atoms with Gasteiger partial charge in [-0.15, -0.1) is 0 Å². The zero-order valence-electron chi connectivity index (χ0n) is 51.4. The van der Waals surface area contributed by atoms with Gasteiger partial charge in [0.15, 0.2) is 6.10 Å². The molecule has 0 aliphatic rings. The van der Waals surface area contributed by atoms with Gasteiger partial charge in [0.25, 0.3) is 0 Å². The lowest BCUT2D eigenvalue weighted by Gasteiger charge is -2.18. The van der Waals surface area contributed by atoms with Crippen LogP contribution in [0.1, 0.15) is 323 Å². The average Bonchev–Trinajstić information content (AvgIpc) is 3.44. The monoisotopic (exact) mass is 1080 g/mol. The molecule has 1 atom stereocenters. The number of carbonyl (C=O) groups is 3. The average molecular weight is 1090 g/mol. The van der Waals surface area contributed by atoms with Gasteiger partial charge >= 0.3 is 17.9 Å². The van der Waals surface area contributed by atoms with E-state index in [4.69, 9.17) is 14.2 Å². The maximum absolute atomic E-state index is 12.9. The lowest BCUT2D eigenvalue weighted by atomic mass is 10.0. The molecule has 448 valence electrons. The minimum atomic E-state index is -0.785. The van der Waals surface area contributed by atoms with E-state index in [-0.39, 0.29) is 31.1 Å². The number of rotatable bonds is 60. The van der Waals surface area contributed by atoms with E-state index < -0.39 is 6.10 Å². The Bertz CT molecular complexity index is 1530. The van der Waals surface area contributed by atoms with E-state index in [9.17, 15) is 14.4 Å². The van der Waals surface area contributed by atoms with Gasteiger partial charge < -0.3 is 14.2 Å². The second kappa shape index (κ2) is 65.8. The number of ether oxygens (including phenoxy) is 3. The first-order valence-corrected chi connectivity index (χ1v) is 33.2. The molecule has 0 bridgehead atoms. The van der Waals surface area contributed by atoms with Crippen molar-refractivity contribution in [3.63, 3.8) is 0 Å². The minimum Gasteiger partial charge on any atom is -0.462 e. The number of unbranched alkanes of at least 4 members (excludes halogenated alkanes) is 33. The van der Waals surface area contributed by atoms with E-state index in [0.29, 0.717) is 19.3 Å². The topological polar surface area (TPSA) is 78.9 Å². The molecule has 0 aromatic heterocycles. The van der Waals surface area contributed by atoms with Crippen molar-refractivity contribution in [1.29, 1.82) is 0 Å². The van der Waals surface area contributed by atoms with E-state index in [2.05, 4.69) is 118 Å². The van der Waals surface area contributed by atoms with Crippen LogP contribution in [0.25, 0.3) is 0 Å². The predicted octanol–water partition coefficient (Wildman–Crippen LogP) is 22.8. The molecule has 0 saturated heterocycles. The second-order valence-electron chi connectivity index (χ2n) is 22.0. The molecule has 0 radical (unpaired) electrons. The summed E-state index contributed by atoms with van der Waals surface area (Å²) in [6, 6.07) is 0. The summed E-state index contributed by atoms with van der Waals surface area (Å²) in [5.74, 6) is -0.888. The second-order valence-corrected chi connectivity index (χ2v) is 22.0. The number of hydrogen-bond acceptors (Lipinski definition) is 6. The minimum absolute atomic E-state index is 0.0816. The summed E-state index contributed by atoms with van der Waals surface area (Å²) in [6.07, 6.45) is 88.6. The van der Waals surface area contributed by atoms with Crippen LogP contribution in [-0.2, 0) is 28.6 Å². The number of carbonyl (C=O) groups excluding carboxylic acids is 3. The van der Waals surface area contributed by atoms with Gasteiger partial charge in [-0.05, 0) is 116 Å². The smallest absolute Gasteiger partial charge is 0.306 e. The van der Waals surface area contributed by atoms with Crippen LogP contribution in [-0.4, -0.2) is 37.2 Å². The molecule has 0 heterocycles. The van der Waals surface area contributed by atoms with E-state index >= 15 is 0 Å². The van der Waals surface area contributed by atoms with E-state index in [0.717, 1.165) is 109 Å². The van der Waals surface area contributed by atoms with Gasteiger partial charge in [-0.1, -0.05) is 285 Å². The third kappa shape index (κ3) is 63.2. The van der Waals surface area contributed by atoms with E-state index in [1.807, 2.05) is 0 Å². The molecule has 78 heavy (non-hydrogen) atoms. The molecule has 0 N–H and O–H groups in total. The Morgan fingerprint density at radius 1 is 0.269 bits per heavy atom. The lowest BCUT2D eigenvalue weighted by molar-refractivity contribution is -0.167. The van der Waals surface area contributed by atoms with Crippen LogP contribution in [0, 0.1) is 0 Å². The molecule has 0 aromatic carbocycles. The molecule has 0 aliphatic heterocycles. The summed E-state index contributed by atoms with van der Waals surface area (Å²) >= 11 is 0. The first-order valence-electron chi connectivity index (χ1n) is 33.2. The molecule has 0 aliphatic carbocycles. The molecule has 0 saturated carbocycles. The van der Waals surface area contributed by atoms with E-state index in [1.54, 1.807) is 0 Å². The zero-order valence-corrected chi connectivity index (χ0v) is 51.4. The van der Waals surface area contributed by atoms with Crippen LogP contribution in [0.5, 0.6) is 0 Å². The highest BCUT2D eigenvalue weighted by molar-refractivity contribution is 5.71. The van der Waals surface area contributed by atoms with Gasteiger partial charge in [0, 0.05) is 19.3 Å². The first kappa shape index (κ1) is 74.3. The van der Waals surface area contributed by atoms with Crippen molar-refractivity contribution in [2.24, 2.45) is 0 Å². The summed E-state index contributed by atoms with van der Waals surface area (Å²) in [4.78, 5) is 38.3. The SMILES string of the molecule is CC/C=C\C/C=C\C/C=C\C/C=C\CCCCCCCCCCCCCCC(=O)OCC(COC(=O)CCCCCCC/C=C\CCC)OC(=O)CCCCCCCCCCCC/C=C\C/C=C\C/C=C\CCCCCCC. The van der Waals surface area contributed by atoms with Crippen LogP contribution >= 0.6 is 0 Å². The molecule has 6 heteroatoms. The van der Waals surface area contributed by atoms with Crippen LogP contribution in [0.2, 0.25) is 0 Å². The third-order valence-corrected chi connectivity index (χ3v) is 14.3. The summed E-state index contributed by atoms with van der Waals surface area (Å²) in [7, 11) is 0. The molecular formula is C72H124O6.